The van der Waals surface area contributed by atoms with E-state index < -0.39 is 24.0 Å². The van der Waals surface area contributed by atoms with Gasteiger partial charge in [0.25, 0.3) is 0 Å². The van der Waals surface area contributed by atoms with E-state index in [0.717, 1.165) is 6.92 Å². The van der Waals surface area contributed by atoms with Crippen LogP contribution in [-0.2, 0) is 4.79 Å². The summed E-state index contributed by atoms with van der Waals surface area (Å²) in [5.41, 5.74) is 0. The Morgan fingerprint density at radius 1 is 1.64 bits per heavy atom. The van der Waals surface area contributed by atoms with Crippen LogP contribution in [0.4, 0.5) is 8.78 Å². The van der Waals surface area contributed by atoms with Gasteiger partial charge in [0.15, 0.2) is 5.78 Å². The number of alkyl halides is 2. The van der Waals surface area contributed by atoms with Crippen LogP contribution in [0.3, 0.4) is 0 Å². The van der Waals surface area contributed by atoms with Crippen LogP contribution in [-0.4, -0.2) is 23.4 Å². The molecule has 0 radical (unpaired) electrons. The third-order valence-electron chi connectivity index (χ3n) is 1.43. The van der Waals surface area contributed by atoms with Gasteiger partial charge in [-0.2, -0.15) is 8.78 Å². The maximum atomic E-state index is 12.5. The largest absolute Gasteiger partial charge is 0.396 e. The summed E-state index contributed by atoms with van der Waals surface area (Å²) in [6.07, 6.45) is -0.571. The summed E-state index contributed by atoms with van der Waals surface area (Å²) in [5.74, 6) is -4.95. The molecule has 0 unspecified atom stereocenters. The van der Waals surface area contributed by atoms with Crippen molar-refractivity contribution in [3.05, 3.63) is 0 Å². The van der Waals surface area contributed by atoms with E-state index in [4.69, 9.17) is 5.11 Å². The summed E-state index contributed by atoms with van der Waals surface area (Å²) in [6, 6.07) is 0. The van der Waals surface area contributed by atoms with Gasteiger partial charge in [-0.3, -0.25) is 4.79 Å². The summed E-state index contributed by atoms with van der Waals surface area (Å²) in [5, 5.41) is 8.44. The second-order valence-corrected chi connectivity index (χ2v) is 2.75. The molecule has 0 aromatic heterocycles. The number of hydrogen-bond acceptors (Lipinski definition) is 2. The Hall–Kier alpha value is -0.510. The van der Waals surface area contributed by atoms with Gasteiger partial charge in [-0.25, -0.2) is 0 Å². The molecule has 0 aliphatic rings. The monoisotopic (exact) mass is 166 g/mol. The van der Waals surface area contributed by atoms with Crippen molar-refractivity contribution in [2.75, 3.05) is 6.61 Å². The first-order chi connectivity index (χ1) is 4.90. The fourth-order valence-electron chi connectivity index (χ4n) is 0.646. The lowest BCUT2D eigenvalue weighted by Gasteiger charge is -2.15. The predicted molar refractivity (Wildman–Crippen MR) is 36.5 cm³/mol. The summed E-state index contributed by atoms with van der Waals surface area (Å²) in [6.45, 7) is 2.00. The zero-order chi connectivity index (χ0) is 9.07. The maximum absolute atomic E-state index is 12.5. The van der Waals surface area contributed by atoms with Crippen LogP contribution in [0.1, 0.15) is 20.3 Å². The number of rotatable bonds is 4. The van der Waals surface area contributed by atoms with E-state index in [1.165, 1.54) is 6.92 Å². The molecule has 0 spiro atoms. The van der Waals surface area contributed by atoms with E-state index in [2.05, 4.69) is 0 Å². The molecular formula is C7H12F2O2. The molecule has 0 bridgehead atoms. The van der Waals surface area contributed by atoms with E-state index in [1.807, 2.05) is 0 Å². The van der Waals surface area contributed by atoms with E-state index >= 15 is 0 Å². The Morgan fingerprint density at radius 3 is 2.36 bits per heavy atom. The molecule has 0 aromatic carbocycles. The Labute approximate surface area is 64.2 Å². The van der Waals surface area contributed by atoms with Crippen LogP contribution in [0.2, 0.25) is 0 Å². The zero-order valence-corrected chi connectivity index (χ0v) is 6.60. The smallest absolute Gasteiger partial charge is 0.305 e. The predicted octanol–water partition coefficient (Wildman–Crippen LogP) is 1.23. The molecule has 2 nitrogen and oxygen atoms in total. The first-order valence-corrected chi connectivity index (χ1v) is 3.40. The van der Waals surface area contributed by atoms with Crippen molar-refractivity contribution in [1.29, 1.82) is 0 Å². The van der Waals surface area contributed by atoms with Gasteiger partial charge in [-0.05, 0) is 5.92 Å². The van der Waals surface area contributed by atoms with Crippen molar-refractivity contribution in [2.24, 2.45) is 5.92 Å². The van der Waals surface area contributed by atoms with Gasteiger partial charge in [0, 0.05) is 20.0 Å². The van der Waals surface area contributed by atoms with E-state index in [1.54, 1.807) is 0 Å². The van der Waals surface area contributed by atoms with Gasteiger partial charge in [0.05, 0.1) is 0 Å². The highest BCUT2D eigenvalue weighted by atomic mass is 19.3. The van der Waals surface area contributed by atoms with Crippen molar-refractivity contribution in [1.82, 2.24) is 0 Å². The molecule has 0 aromatic rings. The normalized spacial score (nSPS) is 14.6. The molecule has 0 heterocycles. The van der Waals surface area contributed by atoms with Crippen LogP contribution >= 0.6 is 0 Å². The molecule has 1 atom stereocenters. The fourth-order valence-corrected chi connectivity index (χ4v) is 0.646. The van der Waals surface area contributed by atoms with Crippen molar-refractivity contribution in [3.8, 4) is 0 Å². The zero-order valence-electron chi connectivity index (χ0n) is 6.60. The maximum Gasteiger partial charge on any atom is 0.305 e. The van der Waals surface area contributed by atoms with Gasteiger partial charge >= 0.3 is 5.92 Å². The van der Waals surface area contributed by atoms with Crippen LogP contribution in [0.15, 0.2) is 0 Å². The molecule has 0 amide bonds. The average Bonchev–Trinajstić information content (AvgIpc) is 1.86. The molecule has 0 aliphatic carbocycles. The first kappa shape index (κ1) is 10.5. The lowest BCUT2D eigenvalue weighted by Crippen LogP contribution is -2.29. The van der Waals surface area contributed by atoms with E-state index in [9.17, 15) is 13.6 Å². The Bertz CT molecular complexity index is 145. The second-order valence-electron chi connectivity index (χ2n) is 2.75. The van der Waals surface area contributed by atoms with Gasteiger partial charge in [0.2, 0.25) is 0 Å². The molecule has 0 rings (SSSR count). The van der Waals surface area contributed by atoms with E-state index in [0.29, 0.717) is 0 Å². The SMILES string of the molecule is CC(=O)C(F)(F)C[C@@H](C)CO. The first-order valence-electron chi connectivity index (χ1n) is 3.40. The number of Topliss-reactive ketones (excluding diaryl/α,β-unsaturated/α-hetero) is 1. The highest BCUT2D eigenvalue weighted by Crippen LogP contribution is 2.23. The number of aliphatic hydroxyl groups is 1. The summed E-state index contributed by atoms with van der Waals surface area (Å²) >= 11 is 0. The lowest BCUT2D eigenvalue weighted by molar-refractivity contribution is -0.143. The van der Waals surface area contributed by atoms with Gasteiger partial charge in [-0.15, -0.1) is 0 Å². The molecule has 0 saturated heterocycles. The van der Waals surface area contributed by atoms with E-state index in [-0.39, 0.29) is 6.61 Å². The van der Waals surface area contributed by atoms with Crippen molar-refractivity contribution in [3.63, 3.8) is 0 Å². The quantitative estimate of drug-likeness (QED) is 0.682. The van der Waals surface area contributed by atoms with Crippen LogP contribution < -0.4 is 0 Å². The van der Waals surface area contributed by atoms with Crippen LogP contribution in [0.5, 0.6) is 0 Å². The topological polar surface area (TPSA) is 37.3 Å². The summed E-state index contributed by atoms with van der Waals surface area (Å²) in [4.78, 5) is 10.3. The number of carbonyl (C=O) groups excluding carboxylic acids is 1. The van der Waals surface area contributed by atoms with Crippen molar-refractivity contribution < 1.29 is 18.7 Å². The fraction of sp³-hybridized carbons (Fsp3) is 0.857. The number of ketones is 1. The molecule has 11 heavy (non-hydrogen) atoms. The minimum atomic E-state index is -3.28. The third kappa shape index (κ3) is 3.41. The second kappa shape index (κ2) is 3.76. The average molecular weight is 166 g/mol. The standard InChI is InChI=1S/C7H12F2O2/c1-5(4-10)3-7(8,9)6(2)11/h5,10H,3-4H2,1-2H3/t5-/m1/s1. The van der Waals surface area contributed by atoms with Gasteiger partial charge in [-0.1, -0.05) is 6.92 Å². The highest BCUT2D eigenvalue weighted by Gasteiger charge is 2.36. The van der Waals surface area contributed by atoms with Crippen LogP contribution in [0, 0.1) is 5.92 Å². The van der Waals surface area contributed by atoms with Crippen molar-refractivity contribution in [2.45, 2.75) is 26.2 Å². The third-order valence-corrected chi connectivity index (χ3v) is 1.43. The molecule has 4 heteroatoms. The number of halogens is 2. The highest BCUT2D eigenvalue weighted by molar-refractivity contribution is 5.82. The number of carbonyl (C=O) groups is 1. The summed E-state index contributed by atoms with van der Waals surface area (Å²) < 4.78 is 25.0. The minimum Gasteiger partial charge on any atom is -0.396 e. The Kier molecular flexibility index (Phi) is 3.58. The molecule has 0 aliphatic heterocycles. The molecule has 1 N–H and O–H groups in total. The number of hydrogen-bond donors (Lipinski definition) is 1. The Balaban J connectivity index is 4.01. The van der Waals surface area contributed by atoms with Gasteiger partial charge in [0.1, 0.15) is 0 Å². The molecule has 0 fully saturated rings. The van der Waals surface area contributed by atoms with Crippen molar-refractivity contribution >= 4 is 5.78 Å². The molecule has 0 saturated carbocycles. The van der Waals surface area contributed by atoms with Crippen LogP contribution in [0.25, 0.3) is 0 Å². The van der Waals surface area contributed by atoms with Gasteiger partial charge < -0.3 is 5.11 Å². The lowest BCUT2D eigenvalue weighted by atomic mass is 10.0. The minimum absolute atomic E-state index is 0.317. The summed E-state index contributed by atoms with van der Waals surface area (Å²) in [7, 11) is 0. The molecule has 66 valence electrons. The Morgan fingerprint density at radius 2 is 2.09 bits per heavy atom. The molecular weight excluding hydrogens is 154 g/mol. The number of aliphatic hydroxyl groups excluding tert-OH is 1.